The maximum Gasteiger partial charge on any atom is 0.147 e. The first kappa shape index (κ1) is 18.2. The number of furan rings is 1. The van der Waals surface area contributed by atoms with Gasteiger partial charge in [-0.1, -0.05) is 18.2 Å². The van der Waals surface area contributed by atoms with Crippen LogP contribution < -0.4 is 0 Å². The number of aromatic nitrogens is 3. The summed E-state index contributed by atoms with van der Waals surface area (Å²) in [5.41, 5.74) is 0.979. The van der Waals surface area contributed by atoms with Gasteiger partial charge in [-0.2, -0.15) is 0 Å². The zero-order valence-corrected chi connectivity index (χ0v) is 16.6. The van der Waals surface area contributed by atoms with Gasteiger partial charge in [0.1, 0.15) is 23.0 Å². The van der Waals surface area contributed by atoms with Gasteiger partial charge in [0.2, 0.25) is 0 Å². The summed E-state index contributed by atoms with van der Waals surface area (Å²) in [7, 11) is 4.15. The second kappa shape index (κ2) is 7.82. The number of likely N-dealkylation sites (tertiary alicyclic amines) is 1. The number of para-hydroxylation sites is 1. The van der Waals surface area contributed by atoms with E-state index in [9.17, 15) is 0 Å². The molecule has 0 spiro atoms. The molecular weight excluding hydrogens is 338 g/mol. The highest BCUT2D eigenvalue weighted by Crippen LogP contribution is 2.29. The predicted molar refractivity (Wildman–Crippen MR) is 107 cm³/mol. The van der Waals surface area contributed by atoms with Gasteiger partial charge in [-0.25, -0.2) is 0 Å². The number of nitrogens with zero attached hydrogens (tertiary/aromatic N) is 5. The molecule has 0 aliphatic carbocycles. The molecule has 0 radical (unpaired) electrons. The third-order valence-corrected chi connectivity index (χ3v) is 5.44. The number of fused-ring (bicyclic) bond motifs is 1. The fourth-order valence-electron chi connectivity index (χ4n) is 4.08. The molecule has 27 heavy (non-hydrogen) atoms. The van der Waals surface area contributed by atoms with Crippen LogP contribution in [0.15, 0.2) is 34.7 Å². The summed E-state index contributed by atoms with van der Waals surface area (Å²) in [5.74, 6) is 3.79. The summed E-state index contributed by atoms with van der Waals surface area (Å²) in [6.45, 7) is 6.98. The van der Waals surface area contributed by atoms with Crippen molar-refractivity contribution in [1.29, 1.82) is 0 Å². The average Bonchev–Trinajstić information content (AvgIpc) is 3.25. The van der Waals surface area contributed by atoms with Gasteiger partial charge in [0.25, 0.3) is 0 Å². The molecule has 0 saturated carbocycles. The zero-order valence-electron chi connectivity index (χ0n) is 16.6. The Morgan fingerprint density at radius 2 is 1.93 bits per heavy atom. The Morgan fingerprint density at radius 1 is 1.15 bits per heavy atom. The monoisotopic (exact) mass is 367 g/mol. The van der Waals surface area contributed by atoms with Crippen molar-refractivity contribution in [3.05, 3.63) is 47.7 Å². The topological polar surface area (TPSA) is 50.3 Å². The van der Waals surface area contributed by atoms with Crippen LogP contribution in [0.4, 0.5) is 0 Å². The Bertz CT molecular complexity index is 856. The van der Waals surface area contributed by atoms with Crippen LogP contribution in [-0.4, -0.2) is 51.7 Å². The third kappa shape index (κ3) is 3.92. The molecule has 1 saturated heterocycles. The SMILES string of the molecule is CCn1c(CN(C)C)nnc1C1CCN(Cc2cc3ccccc3o2)CC1. The smallest absolute Gasteiger partial charge is 0.147 e. The van der Waals surface area contributed by atoms with Gasteiger partial charge in [-0.15, -0.1) is 10.2 Å². The van der Waals surface area contributed by atoms with Crippen molar-refractivity contribution >= 4 is 11.0 Å². The lowest BCUT2D eigenvalue weighted by atomic mass is 9.95. The van der Waals surface area contributed by atoms with Crippen LogP contribution in [0.1, 0.15) is 43.1 Å². The van der Waals surface area contributed by atoms with Crippen molar-refractivity contribution in [2.45, 2.75) is 45.3 Å². The van der Waals surface area contributed by atoms with Crippen molar-refractivity contribution in [3.63, 3.8) is 0 Å². The molecule has 1 aliphatic rings. The maximum atomic E-state index is 5.99. The number of benzene rings is 1. The molecule has 0 amide bonds. The van der Waals surface area contributed by atoms with E-state index in [1.807, 2.05) is 12.1 Å². The lowest BCUT2D eigenvalue weighted by molar-refractivity contribution is 0.188. The fraction of sp³-hybridized carbons (Fsp3) is 0.524. The van der Waals surface area contributed by atoms with Gasteiger partial charge >= 0.3 is 0 Å². The van der Waals surface area contributed by atoms with E-state index < -0.39 is 0 Å². The Balaban J connectivity index is 1.39. The first-order valence-corrected chi connectivity index (χ1v) is 9.90. The molecule has 0 N–H and O–H groups in total. The van der Waals surface area contributed by atoms with Crippen LogP contribution in [0.5, 0.6) is 0 Å². The largest absolute Gasteiger partial charge is 0.460 e. The maximum absolute atomic E-state index is 5.99. The number of rotatable bonds is 6. The highest BCUT2D eigenvalue weighted by Gasteiger charge is 2.26. The van der Waals surface area contributed by atoms with Gasteiger partial charge in [0.15, 0.2) is 0 Å². The highest BCUT2D eigenvalue weighted by molar-refractivity contribution is 5.77. The normalized spacial score (nSPS) is 16.6. The molecule has 0 unspecified atom stereocenters. The Morgan fingerprint density at radius 3 is 2.63 bits per heavy atom. The third-order valence-electron chi connectivity index (χ3n) is 5.44. The van der Waals surface area contributed by atoms with E-state index in [2.05, 4.69) is 63.8 Å². The van der Waals surface area contributed by atoms with E-state index in [4.69, 9.17) is 4.42 Å². The average molecular weight is 367 g/mol. The van der Waals surface area contributed by atoms with Crippen LogP contribution in [0.3, 0.4) is 0 Å². The second-order valence-corrected chi connectivity index (χ2v) is 7.76. The van der Waals surface area contributed by atoms with Gasteiger partial charge < -0.3 is 13.9 Å². The Labute approximate surface area is 160 Å². The van der Waals surface area contributed by atoms with Crippen LogP contribution in [0.2, 0.25) is 0 Å². The predicted octanol–water partition coefficient (Wildman–Crippen LogP) is 3.49. The molecule has 6 heteroatoms. The summed E-state index contributed by atoms with van der Waals surface area (Å²) >= 11 is 0. The Kier molecular flexibility index (Phi) is 5.27. The van der Waals surface area contributed by atoms with E-state index >= 15 is 0 Å². The van der Waals surface area contributed by atoms with Crippen molar-refractivity contribution in [2.24, 2.45) is 0 Å². The summed E-state index contributed by atoms with van der Waals surface area (Å²) in [6, 6.07) is 10.4. The van der Waals surface area contributed by atoms with Crippen molar-refractivity contribution in [3.8, 4) is 0 Å². The molecule has 3 heterocycles. The summed E-state index contributed by atoms with van der Waals surface area (Å²) < 4.78 is 8.29. The molecular formula is C21H29N5O. The molecule has 6 nitrogen and oxygen atoms in total. The lowest BCUT2D eigenvalue weighted by Crippen LogP contribution is -2.33. The number of hydrogen-bond donors (Lipinski definition) is 0. The van der Waals surface area contributed by atoms with Gasteiger partial charge in [0.05, 0.1) is 13.1 Å². The number of piperidine rings is 1. The van der Waals surface area contributed by atoms with Crippen LogP contribution in [-0.2, 0) is 19.6 Å². The highest BCUT2D eigenvalue weighted by atomic mass is 16.3. The first-order chi connectivity index (χ1) is 13.1. The fourth-order valence-corrected chi connectivity index (χ4v) is 4.08. The number of hydrogen-bond acceptors (Lipinski definition) is 5. The standard InChI is InChI=1S/C21H29N5O/c1-4-26-20(15-24(2)3)22-23-21(26)16-9-11-25(12-10-16)14-18-13-17-7-5-6-8-19(17)27-18/h5-8,13,16H,4,9-12,14-15H2,1-3H3. The van der Waals surface area contributed by atoms with E-state index in [0.29, 0.717) is 5.92 Å². The summed E-state index contributed by atoms with van der Waals surface area (Å²) in [4.78, 5) is 4.64. The van der Waals surface area contributed by atoms with Gasteiger partial charge in [-0.05, 0) is 59.1 Å². The molecule has 0 bridgehead atoms. The second-order valence-electron chi connectivity index (χ2n) is 7.76. The first-order valence-electron chi connectivity index (χ1n) is 9.90. The molecule has 2 aromatic heterocycles. The zero-order chi connectivity index (χ0) is 18.8. The molecule has 3 aromatic rings. The summed E-state index contributed by atoms with van der Waals surface area (Å²) in [6.07, 6.45) is 2.25. The minimum atomic E-state index is 0.500. The quantitative estimate of drug-likeness (QED) is 0.667. The van der Waals surface area contributed by atoms with Gasteiger partial charge in [0, 0.05) is 17.8 Å². The Hall–Kier alpha value is -2.18. The van der Waals surface area contributed by atoms with Crippen molar-refractivity contribution < 1.29 is 4.42 Å². The molecule has 1 aromatic carbocycles. The van der Waals surface area contributed by atoms with E-state index in [1.165, 1.54) is 5.39 Å². The van der Waals surface area contributed by atoms with E-state index in [-0.39, 0.29) is 0 Å². The van der Waals surface area contributed by atoms with Crippen LogP contribution >= 0.6 is 0 Å². The molecule has 4 rings (SSSR count). The van der Waals surface area contributed by atoms with Crippen LogP contribution in [0.25, 0.3) is 11.0 Å². The van der Waals surface area contributed by atoms with Crippen LogP contribution in [0, 0.1) is 0 Å². The van der Waals surface area contributed by atoms with E-state index in [1.54, 1.807) is 0 Å². The summed E-state index contributed by atoms with van der Waals surface area (Å²) in [5, 5.41) is 10.2. The minimum absolute atomic E-state index is 0.500. The van der Waals surface area contributed by atoms with Crippen molar-refractivity contribution in [2.75, 3.05) is 27.2 Å². The van der Waals surface area contributed by atoms with Crippen molar-refractivity contribution in [1.82, 2.24) is 24.6 Å². The molecule has 1 aliphatic heterocycles. The molecule has 144 valence electrons. The lowest BCUT2D eigenvalue weighted by Gasteiger charge is -2.31. The van der Waals surface area contributed by atoms with Gasteiger partial charge in [-0.3, -0.25) is 4.90 Å². The van der Waals surface area contributed by atoms with E-state index in [0.717, 1.165) is 68.6 Å². The molecule has 0 atom stereocenters. The minimum Gasteiger partial charge on any atom is -0.460 e. The molecule has 1 fully saturated rings.